The molecule has 92 valence electrons. The highest BCUT2D eigenvalue weighted by Gasteiger charge is 2.10. The lowest BCUT2D eigenvalue weighted by Gasteiger charge is -2.11. The van der Waals surface area contributed by atoms with Crippen LogP contribution in [0.3, 0.4) is 0 Å². The monoisotopic (exact) mass is 233 g/mol. The van der Waals surface area contributed by atoms with Gasteiger partial charge in [-0.25, -0.2) is 4.98 Å². The largest absolute Gasteiger partial charge is 0.465 e. The van der Waals surface area contributed by atoms with Crippen LogP contribution in [-0.4, -0.2) is 9.55 Å². The van der Waals surface area contributed by atoms with E-state index in [4.69, 9.17) is 4.42 Å². The second-order valence-corrected chi connectivity index (χ2v) is 4.18. The van der Waals surface area contributed by atoms with Gasteiger partial charge >= 0.3 is 0 Å². The molecule has 1 atom stereocenters. The lowest BCUT2D eigenvalue weighted by atomic mass is 10.2. The predicted molar refractivity (Wildman–Crippen MR) is 66.6 cm³/mol. The van der Waals surface area contributed by atoms with Gasteiger partial charge in [0.1, 0.15) is 17.3 Å². The molecule has 0 spiro atoms. The van der Waals surface area contributed by atoms with Crippen molar-refractivity contribution in [3.05, 3.63) is 41.9 Å². The van der Waals surface area contributed by atoms with Crippen LogP contribution in [0.15, 0.2) is 28.9 Å². The highest BCUT2D eigenvalue weighted by atomic mass is 16.3. The van der Waals surface area contributed by atoms with E-state index < -0.39 is 0 Å². The number of nitrogens with zero attached hydrogens (tertiary/aromatic N) is 2. The van der Waals surface area contributed by atoms with Crippen LogP contribution >= 0.6 is 0 Å². The number of hydrogen-bond donors (Lipinski definition) is 1. The zero-order chi connectivity index (χ0) is 12.3. The van der Waals surface area contributed by atoms with Gasteiger partial charge < -0.3 is 14.3 Å². The Hall–Kier alpha value is -1.55. The quantitative estimate of drug-likeness (QED) is 0.863. The van der Waals surface area contributed by atoms with Gasteiger partial charge in [0.05, 0.1) is 12.6 Å². The molecule has 0 aliphatic rings. The van der Waals surface area contributed by atoms with Gasteiger partial charge in [-0.15, -0.1) is 0 Å². The van der Waals surface area contributed by atoms with Crippen LogP contribution in [0.2, 0.25) is 0 Å². The van der Waals surface area contributed by atoms with Crippen molar-refractivity contribution in [2.75, 3.05) is 0 Å². The summed E-state index contributed by atoms with van der Waals surface area (Å²) in [6.45, 7) is 7.87. The van der Waals surface area contributed by atoms with Crippen LogP contribution < -0.4 is 5.32 Å². The van der Waals surface area contributed by atoms with Crippen LogP contribution in [0.1, 0.15) is 37.2 Å². The third-order valence-electron chi connectivity index (χ3n) is 2.90. The number of hydrogen-bond acceptors (Lipinski definition) is 3. The van der Waals surface area contributed by atoms with Gasteiger partial charge in [-0.3, -0.25) is 0 Å². The molecule has 2 aromatic heterocycles. The molecule has 2 aromatic rings. The van der Waals surface area contributed by atoms with E-state index in [1.807, 2.05) is 31.5 Å². The van der Waals surface area contributed by atoms with Gasteiger partial charge in [-0.1, -0.05) is 0 Å². The van der Waals surface area contributed by atoms with E-state index in [9.17, 15) is 0 Å². The Morgan fingerprint density at radius 1 is 1.47 bits per heavy atom. The van der Waals surface area contributed by atoms with Crippen molar-refractivity contribution in [2.24, 2.45) is 0 Å². The molecule has 0 saturated carbocycles. The van der Waals surface area contributed by atoms with Crippen molar-refractivity contribution in [2.45, 2.75) is 39.9 Å². The summed E-state index contributed by atoms with van der Waals surface area (Å²) in [5, 5.41) is 3.41. The molecule has 1 N–H and O–H groups in total. The predicted octanol–water partition coefficient (Wildman–Crippen LogP) is 2.66. The Morgan fingerprint density at radius 2 is 2.29 bits per heavy atom. The standard InChI is InChI=1S/C13H19N3O/c1-4-16-8-7-14-13(16)9-15-11(3)12-6-5-10(2)17-12/h5-8,11,15H,4,9H2,1-3H3. The van der Waals surface area contributed by atoms with Crippen LogP contribution in [0.5, 0.6) is 0 Å². The first-order chi connectivity index (χ1) is 8.20. The first-order valence-electron chi connectivity index (χ1n) is 6.00. The summed E-state index contributed by atoms with van der Waals surface area (Å²) < 4.78 is 7.71. The maximum absolute atomic E-state index is 5.58. The summed E-state index contributed by atoms with van der Waals surface area (Å²) in [6, 6.07) is 4.20. The van der Waals surface area contributed by atoms with Gasteiger partial charge in [-0.05, 0) is 32.9 Å². The van der Waals surface area contributed by atoms with E-state index in [1.54, 1.807) is 0 Å². The number of nitrogens with one attached hydrogen (secondary N) is 1. The zero-order valence-electron chi connectivity index (χ0n) is 10.6. The molecule has 0 aliphatic heterocycles. The summed E-state index contributed by atoms with van der Waals surface area (Å²) in [7, 11) is 0. The molecule has 1 unspecified atom stereocenters. The third kappa shape index (κ3) is 2.77. The number of imidazole rings is 1. The average molecular weight is 233 g/mol. The molecule has 17 heavy (non-hydrogen) atoms. The van der Waals surface area contributed by atoms with Crippen LogP contribution in [0, 0.1) is 6.92 Å². The molecule has 0 aliphatic carbocycles. The molecule has 0 fully saturated rings. The number of rotatable bonds is 5. The van der Waals surface area contributed by atoms with Crippen molar-refractivity contribution in [3.63, 3.8) is 0 Å². The molecule has 0 aromatic carbocycles. The van der Waals surface area contributed by atoms with Gasteiger partial charge in [0.15, 0.2) is 0 Å². The number of aromatic nitrogens is 2. The molecule has 2 rings (SSSR count). The number of furan rings is 1. The molecule has 0 saturated heterocycles. The minimum atomic E-state index is 0.200. The summed E-state index contributed by atoms with van der Waals surface area (Å²) in [5.41, 5.74) is 0. The molecule has 4 nitrogen and oxygen atoms in total. The number of aryl methyl sites for hydroxylation is 2. The fourth-order valence-electron chi connectivity index (χ4n) is 1.83. The van der Waals surface area contributed by atoms with Gasteiger partial charge in [0.25, 0.3) is 0 Å². The van der Waals surface area contributed by atoms with Crippen molar-refractivity contribution in [1.29, 1.82) is 0 Å². The fourth-order valence-corrected chi connectivity index (χ4v) is 1.83. The van der Waals surface area contributed by atoms with E-state index in [1.165, 1.54) is 0 Å². The molecule has 0 amide bonds. The van der Waals surface area contributed by atoms with E-state index in [0.717, 1.165) is 30.4 Å². The Labute approximate surface area is 102 Å². The lowest BCUT2D eigenvalue weighted by molar-refractivity contribution is 0.410. The minimum absolute atomic E-state index is 0.200. The van der Waals surface area contributed by atoms with Crippen LogP contribution in [-0.2, 0) is 13.1 Å². The van der Waals surface area contributed by atoms with Gasteiger partial charge in [-0.2, -0.15) is 0 Å². The second-order valence-electron chi connectivity index (χ2n) is 4.18. The van der Waals surface area contributed by atoms with Crippen LogP contribution in [0.4, 0.5) is 0 Å². The Kier molecular flexibility index (Phi) is 3.64. The highest BCUT2D eigenvalue weighted by Crippen LogP contribution is 2.15. The SMILES string of the molecule is CCn1ccnc1CNC(C)c1ccc(C)o1. The zero-order valence-corrected chi connectivity index (χ0v) is 10.6. The van der Waals surface area contributed by atoms with E-state index in [-0.39, 0.29) is 6.04 Å². The first-order valence-corrected chi connectivity index (χ1v) is 6.00. The fraction of sp³-hybridized carbons (Fsp3) is 0.462. The van der Waals surface area contributed by atoms with Crippen LogP contribution in [0.25, 0.3) is 0 Å². The molecule has 0 radical (unpaired) electrons. The summed E-state index contributed by atoms with van der Waals surface area (Å²) in [4.78, 5) is 4.33. The molecular weight excluding hydrogens is 214 g/mol. The average Bonchev–Trinajstić information content (AvgIpc) is 2.94. The first kappa shape index (κ1) is 11.9. The molecule has 0 bridgehead atoms. The summed E-state index contributed by atoms with van der Waals surface area (Å²) >= 11 is 0. The summed E-state index contributed by atoms with van der Waals surface area (Å²) in [6.07, 6.45) is 3.83. The van der Waals surface area contributed by atoms with E-state index in [0.29, 0.717) is 0 Å². The van der Waals surface area contributed by atoms with Crippen molar-refractivity contribution >= 4 is 0 Å². The van der Waals surface area contributed by atoms with Crippen molar-refractivity contribution in [1.82, 2.24) is 14.9 Å². The maximum Gasteiger partial charge on any atom is 0.122 e. The normalized spacial score (nSPS) is 12.9. The van der Waals surface area contributed by atoms with E-state index >= 15 is 0 Å². The molecular formula is C13H19N3O. The third-order valence-corrected chi connectivity index (χ3v) is 2.90. The Balaban J connectivity index is 1.94. The maximum atomic E-state index is 5.58. The van der Waals surface area contributed by atoms with E-state index in [2.05, 4.69) is 28.7 Å². The Bertz CT molecular complexity index is 472. The smallest absolute Gasteiger partial charge is 0.122 e. The highest BCUT2D eigenvalue weighted by molar-refractivity contribution is 5.09. The lowest BCUT2D eigenvalue weighted by Crippen LogP contribution is -2.20. The van der Waals surface area contributed by atoms with Crippen molar-refractivity contribution < 1.29 is 4.42 Å². The van der Waals surface area contributed by atoms with Gasteiger partial charge in [0.2, 0.25) is 0 Å². The second kappa shape index (κ2) is 5.19. The molecule has 4 heteroatoms. The van der Waals surface area contributed by atoms with Crippen molar-refractivity contribution in [3.8, 4) is 0 Å². The minimum Gasteiger partial charge on any atom is -0.465 e. The van der Waals surface area contributed by atoms with Gasteiger partial charge in [0, 0.05) is 18.9 Å². The Morgan fingerprint density at radius 3 is 2.94 bits per heavy atom. The summed E-state index contributed by atoms with van der Waals surface area (Å²) in [5.74, 6) is 2.98. The topological polar surface area (TPSA) is 43.0 Å². The molecule has 2 heterocycles.